The number of aromatic nitrogens is 2. The molecule has 1 atom stereocenters. The molecule has 1 aliphatic rings. The Morgan fingerprint density at radius 1 is 1.40 bits per heavy atom. The molecule has 1 unspecified atom stereocenters. The third-order valence-electron chi connectivity index (χ3n) is 3.41. The van der Waals surface area contributed by atoms with Crippen LogP contribution in [0.25, 0.3) is 0 Å². The minimum atomic E-state index is -0.0933. The second kappa shape index (κ2) is 4.09. The van der Waals surface area contributed by atoms with Crippen molar-refractivity contribution in [2.45, 2.75) is 39.5 Å². The number of rotatable bonds is 2. The molecule has 0 fully saturated rings. The van der Waals surface area contributed by atoms with Crippen LogP contribution in [0.3, 0.4) is 0 Å². The van der Waals surface area contributed by atoms with E-state index in [1.807, 2.05) is 0 Å². The minimum Gasteiger partial charge on any atom is -0.313 e. The van der Waals surface area contributed by atoms with Crippen molar-refractivity contribution < 1.29 is 0 Å². The first kappa shape index (κ1) is 10.3. The molecule has 1 heterocycles. The Morgan fingerprint density at radius 2 is 2.20 bits per heavy atom. The van der Waals surface area contributed by atoms with Gasteiger partial charge in [0.2, 0.25) is 0 Å². The van der Waals surface area contributed by atoms with Crippen molar-refractivity contribution in [3.8, 4) is 0 Å². The van der Waals surface area contributed by atoms with E-state index in [0.29, 0.717) is 5.92 Å². The maximum Gasteiger partial charge on any atom is 0.323 e. The summed E-state index contributed by atoms with van der Waals surface area (Å²) in [5, 5.41) is 0. The molecule has 0 saturated carbocycles. The van der Waals surface area contributed by atoms with Crippen LogP contribution >= 0.6 is 0 Å². The Hall–Kier alpha value is -1.25. The highest BCUT2D eigenvalue weighted by atomic mass is 16.1. The molecule has 2 N–H and O–H groups in total. The largest absolute Gasteiger partial charge is 0.323 e. The van der Waals surface area contributed by atoms with Crippen LogP contribution < -0.4 is 5.69 Å². The van der Waals surface area contributed by atoms with Gasteiger partial charge >= 0.3 is 5.69 Å². The molecular formula is C12H18N2O. The van der Waals surface area contributed by atoms with Crippen molar-refractivity contribution in [2.24, 2.45) is 5.92 Å². The fourth-order valence-electron chi connectivity index (χ4n) is 2.31. The fourth-order valence-corrected chi connectivity index (χ4v) is 2.31. The number of nitrogens with one attached hydrogen (secondary N) is 2. The van der Waals surface area contributed by atoms with Crippen molar-refractivity contribution in [1.82, 2.24) is 9.97 Å². The van der Waals surface area contributed by atoms with Crippen molar-refractivity contribution in [3.63, 3.8) is 0 Å². The average molecular weight is 206 g/mol. The average Bonchev–Trinajstić information content (AvgIpc) is 2.58. The van der Waals surface area contributed by atoms with Crippen molar-refractivity contribution in [2.75, 3.05) is 0 Å². The molecule has 0 aromatic carbocycles. The van der Waals surface area contributed by atoms with Crippen LogP contribution in [-0.4, -0.2) is 9.97 Å². The van der Waals surface area contributed by atoms with E-state index in [1.165, 1.54) is 24.8 Å². The highest BCUT2D eigenvalue weighted by Crippen LogP contribution is 2.30. The summed E-state index contributed by atoms with van der Waals surface area (Å²) in [7, 11) is 0. The summed E-state index contributed by atoms with van der Waals surface area (Å²) in [6.07, 6.45) is 6.42. The van der Waals surface area contributed by atoms with Crippen molar-refractivity contribution in [1.29, 1.82) is 0 Å². The van der Waals surface area contributed by atoms with Crippen LogP contribution in [0.4, 0.5) is 0 Å². The van der Waals surface area contributed by atoms with E-state index in [0.717, 1.165) is 12.1 Å². The number of imidazole rings is 1. The van der Waals surface area contributed by atoms with Gasteiger partial charge in [-0.1, -0.05) is 11.1 Å². The Balaban J connectivity index is 2.00. The lowest BCUT2D eigenvalue weighted by Crippen LogP contribution is -2.12. The fraction of sp³-hybridized carbons (Fsp3) is 0.583. The van der Waals surface area contributed by atoms with Gasteiger partial charge in [-0.25, -0.2) is 4.79 Å². The van der Waals surface area contributed by atoms with E-state index in [-0.39, 0.29) is 5.69 Å². The molecule has 2 rings (SSSR count). The summed E-state index contributed by atoms with van der Waals surface area (Å²) in [4.78, 5) is 16.4. The second-order valence-corrected chi connectivity index (χ2v) is 4.64. The lowest BCUT2D eigenvalue weighted by molar-refractivity contribution is 0.448. The summed E-state index contributed by atoms with van der Waals surface area (Å²) in [5.74, 6) is 0.695. The lowest BCUT2D eigenvalue weighted by Gasteiger charge is -2.23. The zero-order valence-electron chi connectivity index (χ0n) is 9.39. The first-order valence-electron chi connectivity index (χ1n) is 5.57. The number of hydrogen-bond donors (Lipinski definition) is 2. The van der Waals surface area contributed by atoms with Crippen LogP contribution in [0.2, 0.25) is 0 Å². The van der Waals surface area contributed by atoms with E-state index >= 15 is 0 Å². The van der Waals surface area contributed by atoms with Crippen molar-refractivity contribution in [3.05, 3.63) is 33.5 Å². The first-order valence-corrected chi connectivity index (χ1v) is 5.57. The van der Waals surface area contributed by atoms with Crippen LogP contribution in [0.5, 0.6) is 0 Å². The summed E-state index contributed by atoms with van der Waals surface area (Å²) in [6, 6.07) is 0. The molecule has 0 amide bonds. The van der Waals surface area contributed by atoms with Crippen LogP contribution in [0.15, 0.2) is 22.1 Å². The molecule has 82 valence electrons. The predicted octanol–water partition coefficient (Wildman–Crippen LogP) is 2.38. The molecule has 1 aliphatic carbocycles. The Labute approximate surface area is 89.6 Å². The third kappa shape index (κ3) is 2.41. The van der Waals surface area contributed by atoms with Gasteiger partial charge in [0, 0.05) is 11.9 Å². The standard InChI is InChI=1S/C12H18N2O/c1-8-3-4-10(5-9(8)2)6-11-7-13-12(15)14-11/h7,10H,3-6H2,1-2H3,(H2,13,14,15). The van der Waals surface area contributed by atoms with E-state index in [9.17, 15) is 4.79 Å². The van der Waals surface area contributed by atoms with Gasteiger partial charge in [-0.3, -0.25) is 0 Å². The number of aromatic amines is 2. The molecular weight excluding hydrogens is 188 g/mol. The molecule has 0 radical (unpaired) electrons. The van der Waals surface area contributed by atoms with Crippen LogP contribution in [-0.2, 0) is 6.42 Å². The van der Waals surface area contributed by atoms with Gasteiger partial charge < -0.3 is 9.97 Å². The third-order valence-corrected chi connectivity index (χ3v) is 3.41. The minimum absolute atomic E-state index is 0.0933. The van der Waals surface area contributed by atoms with Crippen LogP contribution in [0.1, 0.15) is 38.8 Å². The molecule has 15 heavy (non-hydrogen) atoms. The summed E-state index contributed by atoms with van der Waals surface area (Å²) in [6.45, 7) is 4.45. The predicted molar refractivity (Wildman–Crippen MR) is 60.8 cm³/mol. The highest BCUT2D eigenvalue weighted by Gasteiger charge is 2.17. The monoisotopic (exact) mass is 206 g/mol. The smallest absolute Gasteiger partial charge is 0.313 e. The van der Waals surface area contributed by atoms with Gasteiger partial charge in [-0.15, -0.1) is 0 Å². The molecule has 1 aromatic heterocycles. The number of H-pyrrole nitrogens is 2. The van der Waals surface area contributed by atoms with E-state index in [2.05, 4.69) is 23.8 Å². The van der Waals surface area contributed by atoms with E-state index in [1.54, 1.807) is 11.8 Å². The quantitative estimate of drug-likeness (QED) is 0.717. The van der Waals surface area contributed by atoms with Gasteiger partial charge in [-0.2, -0.15) is 0 Å². The van der Waals surface area contributed by atoms with Gasteiger partial charge in [0.1, 0.15) is 0 Å². The first-order chi connectivity index (χ1) is 7.15. The van der Waals surface area contributed by atoms with E-state index < -0.39 is 0 Å². The summed E-state index contributed by atoms with van der Waals surface area (Å²) < 4.78 is 0. The lowest BCUT2D eigenvalue weighted by atomic mass is 9.83. The number of hydrogen-bond acceptors (Lipinski definition) is 1. The normalized spacial score (nSPS) is 22.1. The Kier molecular flexibility index (Phi) is 2.80. The van der Waals surface area contributed by atoms with Gasteiger partial charge in [0.05, 0.1) is 0 Å². The second-order valence-electron chi connectivity index (χ2n) is 4.64. The topological polar surface area (TPSA) is 48.6 Å². The Morgan fingerprint density at radius 3 is 2.80 bits per heavy atom. The highest BCUT2D eigenvalue weighted by molar-refractivity contribution is 5.14. The van der Waals surface area contributed by atoms with Gasteiger partial charge in [0.15, 0.2) is 0 Å². The molecule has 3 nitrogen and oxygen atoms in total. The van der Waals surface area contributed by atoms with Gasteiger partial charge in [0.25, 0.3) is 0 Å². The molecule has 3 heteroatoms. The van der Waals surface area contributed by atoms with E-state index in [4.69, 9.17) is 0 Å². The number of allylic oxidation sites excluding steroid dienone is 2. The molecule has 0 spiro atoms. The van der Waals surface area contributed by atoms with Gasteiger partial charge in [-0.05, 0) is 45.4 Å². The molecule has 0 saturated heterocycles. The molecule has 0 aliphatic heterocycles. The zero-order chi connectivity index (χ0) is 10.8. The maximum absolute atomic E-state index is 10.9. The molecule has 0 bridgehead atoms. The maximum atomic E-state index is 10.9. The summed E-state index contributed by atoms with van der Waals surface area (Å²) in [5.41, 5.74) is 4.03. The SMILES string of the molecule is CC1=C(C)CC(Cc2c[nH]c(=O)[nH]2)CC1. The Bertz CT molecular complexity index is 425. The van der Waals surface area contributed by atoms with Crippen molar-refractivity contribution >= 4 is 0 Å². The van der Waals surface area contributed by atoms with Crippen LogP contribution in [0, 0.1) is 5.92 Å². The molecule has 1 aromatic rings. The zero-order valence-corrected chi connectivity index (χ0v) is 9.39. The summed E-state index contributed by atoms with van der Waals surface area (Å²) >= 11 is 0.